The lowest BCUT2D eigenvalue weighted by molar-refractivity contribution is 0.206. The fourth-order valence-electron chi connectivity index (χ4n) is 1.91. The molecule has 0 unspecified atom stereocenters. The normalized spacial score (nSPS) is 11.8. The smallest absolute Gasteiger partial charge is 0.0886 e. The molecule has 0 bridgehead atoms. The van der Waals surface area contributed by atoms with E-state index in [4.69, 9.17) is 4.74 Å². The summed E-state index contributed by atoms with van der Waals surface area (Å²) >= 11 is 0. The number of allylic oxidation sites excluding steroid dienone is 2. The molecule has 0 aliphatic carbocycles. The predicted octanol–water partition coefficient (Wildman–Crippen LogP) is 5.85. The molecule has 17 heavy (non-hydrogen) atoms. The maximum absolute atomic E-state index is 5.52. The highest BCUT2D eigenvalue weighted by atomic mass is 16.5. The molecule has 0 heterocycles. The molecule has 0 rings (SSSR count). The lowest BCUT2D eigenvalue weighted by Gasteiger charge is -2.05. The van der Waals surface area contributed by atoms with E-state index in [0.29, 0.717) is 0 Å². The molecule has 0 spiro atoms. The van der Waals surface area contributed by atoms with Gasteiger partial charge in [-0.1, -0.05) is 70.8 Å². The summed E-state index contributed by atoms with van der Waals surface area (Å²) in [5.41, 5.74) is 0. The van der Waals surface area contributed by atoms with Crippen molar-refractivity contribution >= 4 is 0 Å². The van der Waals surface area contributed by atoms with Crippen LogP contribution < -0.4 is 0 Å². The summed E-state index contributed by atoms with van der Waals surface area (Å²) in [5.74, 6) is 1.06. The fraction of sp³-hybridized carbons (Fsp3) is 0.875. The molecule has 0 amide bonds. The van der Waals surface area contributed by atoms with Crippen molar-refractivity contribution in [1.82, 2.24) is 0 Å². The minimum atomic E-state index is 0.896. The van der Waals surface area contributed by atoms with Gasteiger partial charge in [0.25, 0.3) is 0 Å². The van der Waals surface area contributed by atoms with Gasteiger partial charge in [0.05, 0.1) is 12.4 Å². The first-order chi connectivity index (χ1) is 8.31. The van der Waals surface area contributed by atoms with Crippen LogP contribution in [0.4, 0.5) is 0 Å². The van der Waals surface area contributed by atoms with Crippen molar-refractivity contribution in [3.8, 4) is 0 Å². The number of hydrogen-bond acceptors (Lipinski definition) is 1. The summed E-state index contributed by atoms with van der Waals surface area (Å²) in [4.78, 5) is 0. The van der Waals surface area contributed by atoms with Gasteiger partial charge in [0.2, 0.25) is 0 Å². The number of ether oxygens (including phenoxy) is 1. The molecule has 0 saturated heterocycles. The second-order valence-corrected chi connectivity index (χ2v) is 4.93. The highest BCUT2D eigenvalue weighted by Crippen LogP contribution is 2.10. The number of hydrogen-bond donors (Lipinski definition) is 0. The van der Waals surface area contributed by atoms with Gasteiger partial charge in [-0.3, -0.25) is 0 Å². The van der Waals surface area contributed by atoms with Crippen LogP contribution in [0.25, 0.3) is 0 Å². The highest BCUT2D eigenvalue weighted by molar-refractivity contribution is 4.83. The average Bonchev–Trinajstić information content (AvgIpc) is 2.35. The van der Waals surface area contributed by atoms with Crippen LogP contribution in [0.2, 0.25) is 0 Å². The van der Waals surface area contributed by atoms with Gasteiger partial charge >= 0.3 is 0 Å². The van der Waals surface area contributed by atoms with Crippen molar-refractivity contribution in [2.24, 2.45) is 0 Å². The maximum Gasteiger partial charge on any atom is 0.0886 e. The van der Waals surface area contributed by atoms with Crippen LogP contribution in [0.15, 0.2) is 11.8 Å². The maximum atomic E-state index is 5.52. The Balaban J connectivity index is 2.99. The molecule has 0 fully saturated rings. The first-order valence-electron chi connectivity index (χ1n) is 7.57. The van der Waals surface area contributed by atoms with Crippen molar-refractivity contribution in [3.63, 3.8) is 0 Å². The van der Waals surface area contributed by atoms with Gasteiger partial charge in [-0.2, -0.15) is 0 Å². The topological polar surface area (TPSA) is 9.23 Å². The molecule has 0 N–H and O–H groups in total. The lowest BCUT2D eigenvalue weighted by Crippen LogP contribution is -1.92. The average molecular weight is 240 g/mol. The molecule has 0 aliphatic rings. The Kier molecular flexibility index (Phi) is 13.2. The molecule has 1 heteroatoms. The van der Waals surface area contributed by atoms with Gasteiger partial charge < -0.3 is 4.74 Å². The summed E-state index contributed by atoms with van der Waals surface area (Å²) < 4.78 is 5.52. The zero-order valence-electron chi connectivity index (χ0n) is 12.3. The summed E-state index contributed by atoms with van der Waals surface area (Å²) in [6, 6.07) is 0. The van der Waals surface area contributed by atoms with E-state index < -0.39 is 0 Å². The summed E-state index contributed by atoms with van der Waals surface area (Å²) in [5, 5.41) is 0. The Bertz CT molecular complexity index is 172. The second-order valence-electron chi connectivity index (χ2n) is 4.93. The largest absolute Gasteiger partial charge is 0.499 e. The third-order valence-corrected chi connectivity index (χ3v) is 3.23. The van der Waals surface area contributed by atoms with Crippen molar-refractivity contribution < 1.29 is 4.74 Å². The van der Waals surface area contributed by atoms with Gasteiger partial charge in [-0.15, -0.1) is 0 Å². The quantitative estimate of drug-likeness (QED) is 0.307. The molecule has 0 aromatic rings. The summed E-state index contributed by atoms with van der Waals surface area (Å²) in [6.45, 7) is 7.22. The molecular formula is C16H32O. The van der Waals surface area contributed by atoms with Gasteiger partial charge in [0.15, 0.2) is 0 Å². The Hall–Kier alpha value is -0.460. The molecule has 0 saturated carbocycles. The molecule has 0 aromatic carbocycles. The summed E-state index contributed by atoms with van der Waals surface area (Å²) in [6.07, 6.45) is 15.9. The van der Waals surface area contributed by atoms with Crippen LogP contribution in [0.5, 0.6) is 0 Å². The van der Waals surface area contributed by atoms with Crippen LogP contribution in [-0.4, -0.2) is 6.61 Å². The van der Waals surface area contributed by atoms with Gasteiger partial charge in [-0.05, 0) is 20.3 Å². The van der Waals surface area contributed by atoms with Crippen LogP contribution in [-0.2, 0) is 4.74 Å². The Labute approximate surface area is 109 Å². The lowest BCUT2D eigenvalue weighted by atomic mass is 10.1. The first kappa shape index (κ1) is 16.5. The molecule has 0 radical (unpaired) electrons. The third kappa shape index (κ3) is 13.5. The molecule has 0 atom stereocenters. The van der Waals surface area contributed by atoms with E-state index in [0.717, 1.165) is 12.4 Å². The van der Waals surface area contributed by atoms with Gasteiger partial charge in [0, 0.05) is 0 Å². The minimum absolute atomic E-state index is 0.896. The molecular weight excluding hydrogens is 208 g/mol. The standard InChI is InChI=1S/C16H32O/c1-4-6-7-8-9-10-11-12-13-14-15-17-16(3)5-2/h5H,4,6-15H2,1-3H3. The van der Waals surface area contributed by atoms with E-state index >= 15 is 0 Å². The van der Waals surface area contributed by atoms with Gasteiger partial charge in [0.1, 0.15) is 0 Å². The highest BCUT2D eigenvalue weighted by Gasteiger charge is 1.93. The van der Waals surface area contributed by atoms with Gasteiger partial charge in [-0.25, -0.2) is 0 Å². The van der Waals surface area contributed by atoms with E-state index in [2.05, 4.69) is 6.92 Å². The summed E-state index contributed by atoms with van der Waals surface area (Å²) in [7, 11) is 0. The Morgan fingerprint density at radius 3 is 1.76 bits per heavy atom. The predicted molar refractivity (Wildman–Crippen MR) is 77.2 cm³/mol. The molecule has 1 nitrogen and oxygen atoms in total. The minimum Gasteiger partial charge on any atom is -0.499 e. The molecule has 102 valence electrons. The van der Waals surface area contributed by atoms with Crippen LogP contribution >= 0.6 is 0 Å². The zero-order valence-corrected chi connectivity index (χ0v) is 12.3. The van der Waals surface area contributed by atoms with Crippen LogP contribution in [0.3, 0.4) is 0 Å². The van der Waals surface area contributed by atoms with E-state index in [1.807, 2.05) is 19.9 Å². The van der Waals surface area contributed by atoms with E-state index in [1.165, 1.54) is 64.2 Å². The first-order valence-corrected chi connectivity index (χ1v) is 7.57. The Morgan fingerprint density at radius 2 is 1.29 bits per heavy atom. The van der Waals surface area contributed by atoms with Crippen LogP contribution in [0.1, 0.15) is 85.0 Å². The fourth-order valence-corrected chi connectivity index (χ4v) is 1.91. The SMILES string of the molecule is CC=C(C)OCCCCCCCCCCCC. The van der Waals surface area contributed by atoms with E-state index in [9.17, 15) is 0 Å². The Morgan fingerprint density at radius 1 is 0.824 bits per heavy atom. The third-order valence-electron chi connectivity index (χ3n) is 3.23. The van der Waals surface area contributed by atoms with Crippen molar-refractivity contribution in [3.05, 3.63) is 11.8 Å². The molecule has 0 aliphatic heterocycles. The van der Waals surface area contributed by atoms with Crippen LogP contribution in [0, 0.1) is 0 Å². The van der Waals surface area contributed by atoms with Crippen molar-refractivity contribution in [1.29, 1.82) is 0 Å². The van der Waals surface area contributed by atoms with Crippen molar-refractivity contribution in [2.45, 2.75) is 85.0 Å². The monoisotopic (exact) mass is 240 g/mol. The number of rotatable bonds is 12. The molecule has 0 aromatic heterocycles. The van der Waals surface area contributed by atoms with Crippen molar-refractivity contribution in [2.75, 3.05) is 6.61 Å². The van der Waals surface area contributed by atoms with E-state index in [-0.39, 0.29) is 0 Å². The zero-order chi connectivity index (χ0) is 12.8. The second kappa shape index (κ2) is 13.6. The number of unbranched alkanes of at least 4 members (excludes halogenated alkanes) is 9. The van der Waals surface area contributed by atoms with E-state index in [1.54, 1.807) is 0 Å².